The zero-order valence-electron chi connectivity index (χ0n) is 10.6. The molecular formula is C12H16N2O5. The lowest BCUT2D eigenvalue weighted by atomic mass is 10.2. The van der Waals surface area contributed by atoms with Gasteiger partial charge in [-0.3, -0.25) is 0 Å². The van der Waals surface area contributed by atoms with Crippen LogP contribution in [0.4, 0.5) is 10.5 Å². The molecule has 1 aromatic rings. The van der Waals surface area contributed by atoms with Gasteiger partial charge in [-0.2, -0.15) is 0 Å². The summed E-state index contributed by atoms with van der Waals surface area (Å²) in [6.45, 7) is 1.28. The monoisotopic (exact) mass is 268 g/mol. The number of amides is 2. The van der Waals surface area contributed by atoms with Crippen molar-refractivity contribution in [2.45, 2.75) is 19.1 Å². The van der Waals surface area contributed by atoms with Crippen LogP contribution in [0.5, 0.6) is 5.75 Å². The molecule has 0 aliphatic heterocycles. The van der Waals surface area contributed by atoms with Gasteiger partial charge in [-0.25, -0.2) is 9.59 Å². The van der Waals surface area contributed by atoms with Gasteiger partial charge in [-0.1, -0.05) is 6.07 Å². The summed E-state index contributed by atoms with van der Waals surface area (Å²) in [5.41, 5.74) is 0.451. The Bertz CT molecular complexity index is 461. The normalized spacial score (nSPS) is 13.2. The van der Waals surface area contributed by atoms with Gasteiger partial charge in [0.15, 0.2) is 6.04 Å². The summed E-state index contributed by atoms with van der Waals surface area (Å²) in [6, 6.07) is 4.50. The molecule has 0 saturated heterocycles. The van der Waals surface area contributed by atoms with Gasteiger partial charge in [0.1, 0.15) is 5.75 Å². The second kappa shape index (κ2) is 6.60. The number of ether oxygens (including phenoxy) is 1. The molecule has 0 radical (unpaired) electrons. The number of carbonyl (C=O) groups excluding carboxylic acids is 1. The molecule has 0 aliphatic carbocycles. The molecule has 4 N–H and O–H groups in total. The van der Waals surface area contributed by atoms with Crippen LogP contribution in [-0.4, -0.2) is 41.5 Å². The van der Waals surface area contributed by atoms with E-state index in [4.69, 9.17) is 9.84 Å². The molecule has 1 aromatic carbocycles. The van der Waals surface area contributed by atoms with Gasteiger partial charge in [-0.15, -0.1) is 0 Å². The molecule has 2 amide bonds. The van der Waals surface area contributed by atoms with Crippen LogP contribution in [0.15, 0.2) is 24.3 Å². The Kier molecular flexibility index (Phi) is 5.13. The van der Waals surface area contributed by atoms with E-state index in [-0.39, 0.29) is 0 Å². The van der Waals surface area contributed by atoms with Crippen molar-refractivity contribution in [1.29, 1.82) is 0 Å². The highest BCUT2D eigenvalue weighted by molar-refractivity contribution is 5.92. The van der Waals surface area contributed by atoms with E-state index in [1.165, 1.54) is 14.0 Å². The number of aliphatic carboxylic acids is 1. The van der Waals surface area contributed by atoms with E-state index in [9.17, 15) is 14.7 Å². The number of benzene rings is 1. The third-order valence-electron chi connectivity index (χ3n) is 2.36. The number of aliphatic hydroxyl groups is 1. The fraction of sp³-hybridized carbons (Fsp3) is 0.333. The number of nitrogens with one attached hydrogen (secondary N) is 2. The maximum Gasteiger partial charge on any atom is 0.328 e. The SMILES string of the molecule is COc1cccc(NC(=O)NC(C(=O)O)C(C)O)c1. The fourth-order valence-electron chi connectivity index (χ4n) is 1.40. The molecule has 0 aromatic heterocycles. The number of urea groups is 1. The molecule has 0 saturated carbocycles. The van der Waals surface area contributed by atoms with Crippen LogP contribution in [0, 0.1) is 0 Å². The number of hydrogen-bond acceptors (Lipinski definition) is 4. The number of hydrogen-bond donors (Lipinski definition) is 4. The molecule has 7 heteroatoms. The Morgan fingerprint density at radius 1 is 1.37 bits per heavy atom. The average molecular weight is 268 g/mol. The van der Waals surface area contributed by atoms with Gasteiger partial charge in [0, 0.05) is 11.8 Å². The Labute approximate surface area is 110 Å². The summed E-state index contributed by atoms with van der Waals surface area (Å²) < 4.78 is 4.99. The second-order valence-corrected chi connectivity index (χ2v) is 3.89. The highest BCUT2D eigenvalue weighted by atomic mass is 16.5. The van der Waals surface area contributed by atoms with E-state index in [1.54, 1.807) is 24.3 Å². The second-order valence-electron chi connectivity index (χ2n) is 3.89. The Morgan fingerprint density at radius 2 is 2.05 bits per heavy atom. The maximum absolute atomic E-state index is 11.6. The third kappa shape index (κ3) is 4.47. The van der Waals surface area contributed by atoms with Crippen LogP contribution in [-0.2, 0) is 4.79 Å². The van der Waals surface area contributed by atoms with Crippen LogP contribution in [0.25, 0.3) is 0 Å². The molecule has 19 heavy (non-hydrogen) atoms. The zero-order valence-corrected chi connectivity index (χ0v) is 10.6. The molecular weight excluding hydrogens is 252 g/mol. The molecule has 0 bridgehead atoms. The summed E-state index contributed by atoms with van der Waals surface area (Å²) in [5, 5.41) is 22.7. The first-order valence-corrected chi connectivity index (χ1v) is 5.56. The number of anilines is 1. The lowest BCUT2D eigenvalue weighted by Crippen LogP contribution is -2.49. The molecule has 0 aliphatic rings. The van der Waals surface area contributed by atoms with Gasteiger partial charge in [-0.05, 0) is 19.1 Å². The quantitative estimate of drug-likeness (QED) is 0.627. The average Bonchev–Trinajstić information content (AvgIpc) is 2.35. The van der Waals surface area contributed by atoms with Gasteiger partial charge in [0.05, 0.1) is 13.2 Å². The lowest BCUT2D eigenvalue weighted by Gasteiger charge is -2.17. The minimum atomic E-state index is -1.37. The molecule has 104 valence electrons. The van der Waals surface area contributed by atoms with Crippen LogP contribution in [0.2, 0.25) is 0 Å². The van der Waals surface area contributed by atoms with Crippen molar-refractivity contribution in [3.8, 4) is 5.75 Å². The van der Waals surface area contributed by atoms with Gasteiger partial charge >= 0.3 is 12.0 Å². The van der Waals surface area contributed by atoms with Crippen molar-refractivity contribution >= 4 is 17.7 Å². The zero-order chi connectivity index (χ0) is 14.4. The van der Waals surface area contributed by atoms with Crippen LogP contribution < -0.4 is 15.4 Å². The van der Waals surface area contributed by atoms with Crippen molar-refractivity contribution in [3.63, 3.8) is 0 Å². The van der Waals surface area contributed by atoms with Gasteiger partial charge in [0.25, 0.3) is 0 Å². The van der Waals surface area contributed by atoms with Crippen molar-refractivity contribution in [1.82, 2.24) is 5.32 Å². The predicted molar refractivity (Wildman–Crippen MR) is 68.3 cm³/mol. The number of methoxy groups -OCH3 is 1. The van der Waals surface area contributed by atoms with E-state index in [0.717, 1.165) is 0 Å². The maximum atomic E-state index is 11.6. The third-order valence-corrected chi connectivity index (χ3v) is 2.36. The first kappa shape index (κ1) is 14.8. The molecule has 0 spiro atoms. The number of carbonyl (C=O) groups is 2. The fourth-order valence-corrected chi connectivity index (χ4v) is 1.40. The number of aliphatic hydroxyl groups excluding tert-OH is 1. The summed E-state index contributed by atoms with van der Waals surface area (Å²) in [5.74, 6) is -0.751. The van der Waals surface area contributed by atoms with Crippen LogP contribution in [0.3, 0.4) is 0 Å². The first-order valence-electron chi connectivity index (χ1n) is 5.56. The smallest absolute Gasteiger partial charge is 0.328 e. The topological polar surface area (TPSA) is 108 Å². The molecule has 0 fully saturated rings. The number of rotatable bonds is 5. The Balaban J connectivity index is 2.66. The molecule has 0 heterocycles. The van der Waals surface area contributed by atoms with Gasteiger partial charge < -0.3 is 25.6 Å². The minimum absolute atomic E-state index is 0.451. The van der Waals surface area contributed by atoms with Crippen molar-refractivity contribution in [2.24, 2.45) is 0 Å². The highest BCUT2D eigenvalue weighted by Crippen LogP contribution is 2.16. The lowest BCUT2D eigenvalue weighted by molar-refractivity contribution is -0.141. The van der Waals surface area contributed by atoms with Crippen molar-refractivity contribution < 1.29 is 24.5 Å². The van der Waals surface area contributed by atoms with E-state index in [2.05, 4.69) is 10.6 Å². The number of carboxylic acid groups (broad SMARTS) is 1. The standard InChI is InChI=1S/C12H16N2O5/c1-7(15)10(11(16)17)14-12(18)13-8-4-3-5-9(6-8)19-2/h3-7,10,15H,1-2H3,(H,16,17)(H2,13,14,18). The molecule has 7 nitrogen and oxygen atoms in total. The van der Waals surface area contributed by atoms with Crippen molar-refractivity contribution in [3.05, 3.63) is 24.3 Å². The number of carboxylic acids is 1. The minimum Gasteiger partial charge on any atom is -0.497 e. The Morgan fingerprint density at radius 3 is 2.58 bits per heavy atom. The van der Waals surface area contributed by atoms with Crippen LogP contribution in [0.1, 0.15) is 6.92 Å². The molecule has 2 atom stereocenters. The summed E-state index contributed by atoms with van der Waals surface area (Å²) in [6.07, 6.45) is -1.20. The van der Waals surface area contributed by atoms with Crippen molar-refractivity contribution in [2.75, 3.05) is 12.4 Å². The molecule has 2 unspecified atom stereocenters. The predicted octanol–water partition coefficient (Wildman–Crippen LogP) is 0.651. The van der Waals surface area contributed by atoms with E-state index in [1.807, 2.05) is 0 Å². The highest BCUT2D eigenvalue weighted by Gasteiger charge is 2.24. The van der Waals surface area contributed by atoms with E-state index < -0.39 is 24.1 Å². The summed E-state index contributed by atoms with van der Waals surface area (Å²) in [4.78, 5) is 22.4. The summed E-state index contributed by atoms with van der Waals surface area (Å²) >= 11 is 0. The van der Waals surface area contributed by atoms with Gasteiger partial charge in [0.2, 0.25) is 0 Å². The first-order chi connectivity index (χ1) is 8.93. The largest absolute Gasteiger partial charge is 0.497 e. The summed E-state index contributed by atoms with van der Waals surface area (Å²) in [7, 11) is 1.49. The molecule has 1 rings (SSSR count). The Hall–Kier alpha value is -2.28. The van der Waals surface area contributed by atoms with Crippen LogP contribution >= 0.6 is 0 Å². The van der Waals surface area contributed by atoms with E-state index >= 15 is 0 Å². The van der Waals surface area contributed by atoms with E-state index in [0.29, 0.717) is 11.4 Å².